The number of hydrogen-bond acceptors (Lipinski definition) is 4. The molecule has 1 saturated carbocycles. The largest absolute Gasteiger partial charge is 0.504 e. The smallest absolute Gasteiger partial charge is 0.278 e. The highest BCUT2D eigenvalue weighted by Gasteiger charge is 2.28. The van der Waals surface area contributed by atoms with Crippen molar-refractivity contribution in [2.24, 2.45) is 5.92 Å². The number of benzene rings is 1. The zero-order valence-electron chi connectivity index (χ0n) is 16.8. The predicted molar refractivity (Wildman–Crippen MR) is 109 cm³/mol. The van der Waals surface area contributed by atoms with E-state index in [1.54, 1.807) is 4.68 Å². The van der Waals surface area contributed by atoms with Gasteiger partial charge in [0, 0.05) is 19.1 Å². The number of nitrogens with zero attached hydrogens (tertiary/aromatic N) is 3. The number of amides is 1. The van der Waals surface area contributed by atoms with Crippen molar-refractivity contribution in [3.05, 3.63) is 41.7 Å². The van der Waals surface area contributed by atoms with Crippen LogP contribution in [0.25, 0.3) is 5.69 Å². The Balaban J connectivity index is 1.39. The van der Waals surface area contributed by atoms with Crippen molar-refractivity contribution in [2.45, 2.75) is 51.5 Å². The first-order valence-corrected chi connectivity index (χ1v) is 10.4. The van der Waals surface area contributed by atoms with Gasteiger partial charge < -0.3 is 15.3 Å². The van der Waals surface area contributed by atoms with Crippen molar-refractivity contribution in [1.29, 1.82) is 0 Å². The second-order valence-corrected chi connectivity index (χ2v) is 8.47. The number of carbonyl (C=O) groups excluding carboxylic acids is 1. The third-order valence-electron chi connectivity index (χ3n) is 5.90. The molecular formula is C22H30N4O2. The van der Waals surface area contributed by atoms with Crippen LogP contribution in [0.1, 0.15) is 61.5 Å². The van der Waals surface area contributed by atoms with Crippen LogP contribution in [-0.4, -0.2) is 51.4 Å². The number of piperidine rings is 1. The number of rotatable bonds is 6. The van der Waals surface area contributed by atoms with Gasteiger partial charge in [0.1, 0.15) is 0 Å². The second kappa shape index (κ2) is 7.95. The number of nitrogens with one attached hydrogen (secondary N) is 1. The standard InChI is InChI=1S/C22H30N4O2/c1-15(2)17-5-7-19(8-6-17)26-14-20(27)21(24-26)22(28)25-11-9-18(10-12-25)23-13-16-3-4-16/h5-8,14-16,18,23,27H,3-4,9-13H2,1-2H3. The SMILES string of the molecule is CC(C)c1ccc(-n2cc(O)c(C(=O)N3CCC(NCC4CC4)CC3)n2)cc1. The molecule has 1 aromatic heterocycles. The molecule has 1 saturated heterocycles. The first-order chi connectivity index (χ1) is 13.5. The summed E-state index contributed by atoms with van der Waals surface area (Å²) in [7, 11) is 0. The van der Waals surface area contributed by atoms with Crippen molar-refractivity contribution in [3.8, 4) is 11.4 Å². The molecule has 1 aromatic carbocycles. The molecule has 0 spiro atoms. The molecule has 1 aliphatic heterocycles. The normalized spacial score (nSPS) is 18.0. The number of aromatic nitrogens is 2. The minimum absolute atomic E-state index is 0.0630. The van der Waals surface area contributed by atoms with Crippen LogP contribution in [0, 0.1) is 5.92 Å². The van der Waals surface area contributed by atoms with Gasteiger partial charge in [-0.25, -0.2) is 4.68 Å². The molecule has 150 valence electrons. The van der Waals surface area contributed by atoms with E-state index < -0.39 is 0 Å². The molecule has 2 fully saturated rings. The van der Waals surface area contributed by atoms with Crippen LogP contribution in [0.15, 0.2) is 30.5 Å². The maximum atomic E-state index is 12.9. The van der Waals surface area contributed by atoms with E-state index >= 15 is 0 Å². The van der Waals surface area contributed by atoms with Crippen LogP contribution in [0.4, 0.5) is 0 Å². The molecule has 1 aliphatic carbocycles. The molecule has 2 aromatic rings. The molecule has 1 amide bonds. The average molecular weight is 383 g/mol. The summed E-state index contributed by atoms with van der Waals surface area (Å²) in [4.78, 5) is 14.7. The van der Waals surface area contributed by atoms with E-state index in [4.69, 9.17) is 0 Å². The van der Waals surface area contributed by atoms with Gasteiger partial charge in [-0.05, 0) is 61.8 Å². The molecule has 0 unspecified atom stereocenters. The third kappa shape index (κ3) is 4.22. The Labute approximate surface area is 166 Å². The van der Waals surface area contributed by atoms with Crippen LogP contribution in [-0.2, 0) is 0 Å². The maximum Gasteiger partial charge on any atom is 0.278 e. The highest BCUT2D eigenvalue weighted by atomic mass is 16.3. The summed E-state index contributed by atoms with van der Waals surface area (Å²) in [5, 5.41) is 18.3. The van der Waals surface area contributed by atoms with Crippen LogP contribution >= 0.6 is 0 Å². The lowest BCUT2D eigenvalue weighted by Crippen LogP contribution is -2.45. The lowest BCUT2D eigenvalue weighted by Gasteiger charge is -2.32. The van der Waals surface area contributed by atoms with E-state index in [0.29, 0.717) is 25.0 Å². The molecule has 6 nitrogen and oxygen atoms in total. The molecule has 0 radical (unpaired) electrons. The molecular weight excluding hydrogens is 352 g/mol. The summed E-state index contributed by atoms with van der Waals surface area (Å²) in [5.74, 6) is 1.08. The van der Waals surface area contributed by atoms with Crippen LogP contribution in [0.2, 0.25) is 0 Å². The Morgan fingerprint density at radius 1 is 1.18 bits per heavy atom. The third-order valence-corrected chi connectivity index (χ3v) is 5.90. The molecule has 0 atom stereocenters. The van der Waals surface area contributed by atoms with Gasteiger partial charge in [0.05, 0.1) is 11.9 Å². The van der Waals surface area contributed by atoms with E-state index in [0.717, 1.165) is 31.0 Å². The van der Waals surface area contributed by atoms with E-state index in [1.165, 1.54) is 24.6 Å². The van der Waals surface area contributed by atoms with Crippen molar-refractivity contribution in [2.75, 3.05) is 19.6 Å². The Morgan fingerprint density at radius 3 is 2.46 bits per heavy atom. The van der Waals surface area contributed by atoms with Gasteiger partial charge in [0.2, 0.25) is 0 Å². The van der Waals surface area contributed by atoms with Gasteiger partial charge in [-0.15, -0.1) is 0 Å². The molecule has 2 heterocycles. The first-order valence-electron chi connectivity index (χ1n) is 10.4. The monoisotopic (exact) mass is 382 g/mol. The highest BCUT2D eigenvalue weighted by molar-refractivity contribution is 5.94. The number of aromatic hydroxyl groups is 1. The minimum atomic E-state index is -0.185. The molecule has 4 rings (SSSR count). The quantitative estimate of drug-likeness (QED) is 0.804. The predicted octanol–water partition coefficient (Wildman–Crippen LogP) is 3.31. The van der Waals surface area contributed by atoms with Crippen molar-refractivity contribution in [1.82, 2.24) is 20.0 Å². The van der Waals surface area contributed by atoms with Crippen LogP contribution in [0.3, 0.4) is 0 Å². The van der Waals surface area contributed by atoms with Gasteiger partial charge in [-0.1, -0.05) is 26.0 Å². The van der Waals surface area contributed by atoms with E-state index in [2.05, 4.69) is 36.4 Å². The summed E-state index contributed by atoms with van der Waals surface area (Å²) >= 11 is 0. The van der Waals surface area contributed by atoms with Gasteiger partial charge in [0.15, 0.2) is 11.4 Å². The van der Waals surface area contributed by atoms with Crippen LogP contribution < -0.4 is 5.32 Å². The minimum Gasteiger partial charge on any atom is -0.504 e. The zero-order chi connectivity index (χ0) is 19.7. The van der Waals surface area contributed by atoms with Gasteiger partial charge >= 0.3 is 0 Å². The maximum absolute atomic E-state index is 12.9. The van der Waals surface area contributed by atoms with Crippen molar-refractivity contribution in [3.63, 3.8) is 0 Å². The Kier molecular flexibility index (Phi) is 5.40. The fourth-order valence-corrected chi connectivity index (χ4v) is 3.75. The molecule has 28 heavy (non-hydrogen) atoms. The Morgan fingerprint density at radius 2 is 1.86 bits per heavy atom. The highest BCUT2D eigenvalue weighted by Crippen LogP contribution is 2.28. The summed E-state index contributed by atoms with van der Waals surface area (Å²) in [6.07, 6.45) is 6.13. The molecule has 0 bridgehead atoms. The van der Waals surface area contributed by atoms with Crippen LogP contribution in [0.5, 0.6) is 5.75 Å². The fraction of sp³-hybridized carbons (Fsp3) is 0.545. The number of likely N-dealkylation sites (tertiary alicyclic amines) is 1. The second-order valence-electron chi connectivity index (χ2n) is 8.47. The zero-order valence-corrected chi connectivity index (χ0v) is 16.8. The number of hydrogen-bond donors (Lipinski definition) is 2. The summed E-state index contributed by atoms with van der Waals surface area (Å²) in [6, 6.07) is 8.54. The first kappa shape index (κ1) is 19.0. The molecule has 2 N–H and O–H groups in total. The van der Waals surface area contributed by atoms with Gasteiger partial charge in [-0.2, -0.15) is 5.10 Å². The van der Waals surface area contributed by atoms with E-state index in [-0.39, 0.29) is 17.4 Å². The summed E-state index contributed by atoms with van der Waals surface area (Å²) in [6.45, 7) is 6.82. The van der Waals surface area contributed by atoms with E-state index in [9.17, 15) is 9.90 Å². The Bertz CT molecular complexity index is 816. The summed E-state index contributed by atoms with van der Waals surface area (Å²) < 4.78 is 1.58. The topological polar surface area (TPSA) is 70.4 Å². The Hall–Kier alpha value is -2.34. The van der Waals surface area contributed by atoms with Crippen molar-refractivity contribution >= 4 is 5.91 Å². The van der Waals surface area contributed by atoms with Gasteiger partial charge in [0.25, 0.3) is 5.91 Å². The van der Waals surface area contributed by atoms with Crippen molar-refractivity contribution < 1.29 is 9.90 Å². The fourth-order valence-electron chi connectivity index (χ4n) is 3.75. The molecule has 6 heteroatoms. The lowest BCUT2D eigenvalue weighted by atomic mass is 10.0. The van der Waals surface area contributed by atoms with E-state index in [1.807, 2.05) is 17.0 Å². The number of carbonyl (C=O) groups is 1. The summed E-state index contributed by atoms with van der Waals surface area (Å²) in [5.41, 5.74) is 2.22. The van der Waals surface area contributed by atoms with Gasteiger partial charge in [-0.3, -0.25) is 4.79 Å². The average Bonchev–Trinajstić information content (AvgIpc) is 3.46. The lowest BCUT2D eigenvalue weighted by molar-refractivity contribution is 0.0695. The molecule has 2 aliphatic rings.